The molecule has 1 aliphatic heterocycles. The van der Waals surface area contributed by atoms with E-state index in [4.69, 9.17) is 0 Å². The molecule has 4 nitrogen and oxygen atoms in total. The van der Waals surface area contributed by atoms with Crippen LogP contribution in [0.2, 0.25) is 0 Å². The topological polar surface area (TPSA) is 41.3 Å². The maximum absolute atomic E-state index is 10.3. The summed E-state index contributed by atoms with van der Waals surface area (Å²) in [5.74, 6) is 0. The van der Waals surface area contributed by atoms with E-state index in [-0.39, 0.29) is 0 Å². The van der Waals surface area contributed by atoms with Crippen molar-refractivity contribution < 1.29 is 5.11 Å². The Morgan fingerprint density at radius 3 is 2.84 bits per heavy atom. The molecule has 1 aromatic carbocycles. The van der Waals surface area contributed by atoms with Gasteiger partial charge in [-0.1, -0.05) is 30.3 Å². The van der Waals surface area contributed by atoms with E-state index in [0.29, 0.717) is 6.54 Å². The van der Waals surface area contributed by atoms with Gasteiger partial charge >= 0.3 is 0 Å². The van der Waals surface area contributed by atoms with Crippen LogP contribution in [0.5, 0.6) is 0 Å². The molecule has 0 saturated carbocycles. The van der Waals surface area contributed by atoms with Gasteiger partial charge in [0.1, 0.15) is 0 Å². The van der Waals surface area contributed by atoms with Gasteiger partial charge in [-0.25, -0.2) is 0 Å². The molecule has 0 unspecified atom stereocenters. The van der Waals surface area contributed by atoms with Gasteiger partial charge in [0.25, 0.3) is 0 Å². The quantitative estimate of drug-likeness (QED) is 0.910. The lowest BCUT2D eigenvalue weighted by Crippen LogP contribution is -2.36. The van der Waals surface area contributed by atoms with Crippen molar-refractivity contribution >= 4 is 0 Å². The van der Waals surface area contributed by atoms with Crippen molar-refractivity contribution in [1.82, 2.24) is 14.7 Å². The molecule has 0 amide bonds. The third-order valence-corrected chi connectivity index (χ3v) is 3.61. The number of hydrogen-bond acceptors (Lipinski definition) is 3. The van der Waals surface area contributed by atoms with Gasteiger partial charge in [-0.3, -0.25) is 9.58 Å². The molecule has 2 aromatic rings. The first-order valence-electron chi connectivity index (χ1n) is 6.71. The van der Waals surface area contributed by atoms with Gasteiger partial charge in [-0.05, 0) is 18.6 Å². The number of aryl methyl sites for hydroxylation is 1. The lowest BCUT2D eigenvalue weighted by Gasteiger charge is -2.29. The zero-order valence-corrected chi connectivity index (χ0v) is 11.2. The van der Waals surface area contributed by atoms with Gasteiger partial charge in [0.05, 0.1) is 24.0 Å². The normalized spacial score (nSPS) is 17.2. The Morgan fingerprint density at radius 2 is 2.05 bits per heavy atom. The lowest BCUT2D eigenvalue weighted by molar-refractivity contribution is 0.0956. The van der Waals surface area contributed by atoms with Gasteiger partial charge in [0, 0.05) is 19.6 Å². The summed E-state index contributed by atoms with van der Waals surface area (Å²) in [6.07, 6.45) is -0.420. The van der Waals surface area contributed by atoms with Crippen LogP contribution < -0.4 is 0 Å². The van der Waals surface area contributed by atoms with Crippen LogP contribution in [0.3, 0.4) is 0 Å². The largest absolute Gasteiger partial charge is 0.387 e. The van der Waals surface area contributed by atoms with Gasteiger partial charge in [0.15, 0.2) is 0 Å². The summed E-state index contributed by atoms with van der Waals surface area (Å²) in [5, 5.41) is 14.7. The average Bonchev–Trinajstić information content (AvgIpc) is 2.79. The Morgan fingerprint density at radius 1 is 1.26 bits per heavy atom. The second-order valence-electron chi connectivity index (χ2n) is 5.16. The molecule has 1 aromatic heterocycles. The summed E-state index contributed by atoms with van der Waals surface area (Å²) in [6.45, 7) is 5.41. The third kappa shape index (κ3) is 2.69. The number of benzene rings is 1. The van der Waals surface area contributed by atoms with Crippen LogP contribution >= 0.6 is 0 Å². The van der Waals surface area contributed by atoms with Crippen molar-refractivity contribution in [2.45, 2.75) is 26.1 Å². The van der Waals surface area contributed by atoms with E-state index < -0.39 is 6.10 Å². The summed E-state index contributed by atoms with van der Waals surface area (Å²) in [5.41, 5.74) is 3.29. The fourth-order valence-electron chi connectivity index (χ4n) is 2.65. The first-order chi connectivity index (χ1) is 9.22. The highest BCUT2D eigenvalue weighted by Crippen LogP contribution is 2.18. The Bertz CT molecular complexity index is 550. The van der Waals surface area contributed by atoms with Crippen molar-refractivity contribution in [3.8, 4) is 0 Å². The fraction of sp³-hybridized carbons (Fsp3) is 0.400. The monoisotopic (exact) mass is 257 g/mol. The van der Waals surface area contributed by atoms with E-state index >= 15 is 0 Å². The SMILES string of the molecule is Cc1cc2n(n1)CCN(C[C@@H](O)c1ccccc1)C2. The molecular formula is C15H19N3O. The summed E-state index contributed by atoms with van der Waals surface area (Å²) >= 11 is 0. The maximum atomic E-state index is 10.3. The molecule has 0 fully saturated rings. The molecule has 1 N–H and O–H groups in total. The van der Waals surface area contributed by atoms with Crippen LogP contribution in [0.4, 0.5) is 0 Å². The first-order valence-corrected chi connectivity index (χ1v) is 6.71. The zero-order chi connectivity index (χ0) is 13.2. The Labute approximate surface area is 113 Å². The molecule has 0 saturated heterocycles. The number of rotatable bonds is 3. The van der Waals surface area contributed by atoms with Crippen LogP contribution in [0.15, 0.2) is 36.4 Å². The minimum absolute atomic E-state index is 0.420. The van der Waals surface area contributed by atoms with E-state index in [9.17, 15) is 5.11 Å². The lowest BCUT2D eigenvalue weighted by atomic mass is 10.1. The van der Waals surface area contributed by atoms with Gasteiger partial charge < -0.3 is 5.11 Å². The van der Waals surface area contributed by atoms with Crippen molar-refractivity contribution in [3.63, 3.8) is 0 Å². The molecule has 19 heavy (non-hydrogen) atoms. The molecule has 0 spiro atoms. The van der Waals surface area contributed by atoms with E-state index in [1.165, 1.54) is 5.69 Å². The Hall–Kier alpha value is -1.65. The number of fused-ring (bicyclic) bond motifs is 1. The highest BCUT2D eigenvalue weighted by Gasteiger charge is 2.20. The van der Waals surface area contributed by atoms with Gasteiger partial charge in [-0.15, -0.1) is 0 Å². The van der Waals surface area contributed by atoms with Crippen molar-refractivity contribution in [2.75, 3.05) is 13.1 Å². The number of aliphatic hydroxyl groups is 1. The van der Waals surface area contributed by atoms with Crippen LogP contribution in [-0.4, -0.2) is 32.9 Å². The van der Waals surface area contributed by atoms with Crippen LogP contribution in [-0.2, 0) is 13.1 Å². The Balaban J connectivity index is 1.66. The van der Waals surface area contributed by atoms with E-state index in [2.05, 4.69) is 20.7 Å². The number of nitrogens with zero attached hydrogens (tertiary/aromatic N) is 3. The fourth-order valence-corrected chi connectivity index (χ4v) is 2.65. The second-order valence-corrected chi connectivity index (χ2v) is 5.16. The summed E-state index contributed by atoms with van der Waals surface area (Å²) in [4.78, 5) is 2.29. The smallest absolute Gasteiger partial charge is 0.0917 e. The van der Waals surface area contributed by atoms with Crippen molar-refractivity contribution in [3.05, 3.63) is 53.3 Å². The molecule has 3 rings (SSSR count). The van der Waals surface area contributed by atoms with Crippen LogP contribution in [0.1, 0.15) is 23.1 Å². The van der Waals surface area contributed by atoms with Crippen molar-refractivity contribution in [1.29, 1.82) is 0 Å². The zero-order valence-electron chi connectivity index (χ0n) is 11.2. The molecule has 1 aliphatic rings. The molecule has 4 heteroatoms. The minimum atomic E-state index is -0.420. The predicted octanol–water partition coefficient (Wildman–Crippen LogP) is 1.74. The van der Waals surface area contributed by atoms with E-state index in [1.54, 1.807) is 0 Å². The second kappa shape index (κ2) is 5.15. The van der Waals surface area contributed by atoms with Crippen LogP contribution in [0, 0.1) is 6.92 Å². The minimum Gasteiger partial charge on any atom is -0.387 e. The molecule has 1 atom stereocenters. The standard InChI is InChI=1S/C15H19N3O/c1-12-9-14-10-17(7-8-18(14)16-12)11-15(19)13-5-3-2-4-6-13/h2-6,9,15,19H,7-8,10-11H2,1H3/t15-/m1/s1. The van der Waals surface area contributed by atoms with Gasteiger partial charge in [-0.2, -0.15) is 5.10 Å². The average molecular weight is 257 g/mol. The van der Waals surface area contributed by atoms with Gasteiger partial charge in [0.2, 0.25) is 0 Å². The molecule has 0 aliphatic carbocycles. The van der Waals surface area contributed by atoms with E-state index in [1.807, 2.05) is 37.3 Å². The molecule has 2 heterocycles. The summed E-state index contributed by atoms with van der Waals surface area (Å²) in [7, 11) is 0. The first kappa shape index (κ1) is 12.4. The van der Waals surface area contributed by atoms with Crippen molar-refractivity contribution in [2.24, 2.45) is 0 Å². The number of aromatic nitrogens is 2. The summed E-state index contributed by atoms with van der Waals surface area (Å²) < 4.78 is 2.07. The third-order valence-electron chi connectivity index (χ3n) is 3.61. The molecular weight excluding hydrogens is 238 g/mol. The predicted molar refractivity (Wildman–Crippen MR) is 73.6 cm³/mol. The van der Waals surface area contributed by atoms with Crippen LogP contribution in [0.25, 0.3) is 0 Å². The molecule has 100 valence electrons. The number of β-amino-alcohol motifs (C(OH)–C–C–N with tert-alkyl or cyclic N) is 1. The highest BCUT2D eigenvalue weighted by atomic mass is 16.3. The Kier molecular flexibility index (Phi) is 3.36. The summed E-state index contributed by atoms with van der Waals surface area (Å²) in [6, 6.07) is 12.0. The highest BCUT2D eigenvalue weighted by molar-refractivity contribution is 5.18. The molecule has 0 bridgehead atoms. The maximum Gasteiger partial charge on any atom is 0.0917 e. The number of hydrogen-bond donors (Lipinski definition) is 1. The number of aliphatic hydroxyl groups excluding tert-OH is 1. The molecule has 0 radical (unpaired) electrons. The van der Waals surface area contributed by atoms with E-state index in [0.717, 1.165) is 30.9 Å².